The van der Waals surface area contributed by atoms with Crippen LogP contribution in [0.15, 0.2) is 24.3 Å². The molecule has 0 amide bonds. The summed E-state index contributed by atoms with van der Waals surface area (Å²) in [6.45, 7) is 5.25. The Labute approximate surface area is 115 Å². The Kier molecular flexibility index (Phi) is 4.59. The van der Waals surface area contributed by atoms with Gasteiger partial charge in [0.15, 0.2) is 0 Å². The minimum Gasteiger partial charge on any atom is -0.478 e. The summed E-state index contributed by atoms with van der Waals surface area (Å²) in [5.74, 6) is 0.676. The molecule has 0 heterocycles. The third kappa shape index (κ3) is 3.80. The van der Waals surface area contributed by atoms with Crippen molar-refractivity contribution < 1.29 is 9.90 Å². The lowest BCUT2D eigenvalue weighted by Crippen LogP contribution is -2.36. The summed E-state index contributed by atoms with van der Waals surface area (Å²) in [4.78, 5) is 11.1. The van der Waals surface area contributed by atoms with Gasteiger partial charge in [-0.2, -0.15) is 0 Å². The van der Waals surface area contributed by atoms with Gasteiger partial charge in [0, 0.05) is 12.6 Å². The molecule has 2 rings (SSSR count). The number of carboxylic acid groups (broad SMARTS) is 1. The van der Waals surface area contributed by atoms with E-state index in [4.69, 9.17) is 5.11 Å². The van der Waals surface area contributed by atoms with E-state index in [1.165, 1.54) is 19.3 Å². The molecule has 1 saturated carbocycles. The van der Waals surface area contributed by atoms with E-state index in [0.717, 1.165) is 17.4 Å². The van der Waals surface area contributed by atoms with Crippen LogP contribution in [0.1, 0.15) is 49.0 Å². The van der Waals surface area contributed by atoms with E-state index >= 15 is 0 Å². The molecule has 0 radical (unpaired) electrons. The van der Waals surface area contributed by atoms with E-state index in [9.17, 15) is 4.79 Å². The zero-order valence-corrected chi connectivity index (χ0v) is 11.7. The van der Waals surface area contributed by atoms with Gasteiger partial charge in [0.2, 0.25) is 0 Å². The van der Waals surface area contributed by atoms with Crippen LogP contribution in [-0.2, 0) is 6.54 Å². The van der Waals surface area contributed by atoms with Gasteiger partial charge in [-0.3, -0.25) is 0 Å². The van der Waals surface area contributed by atoms with Gasteiger partial charge in [0.05, 0.1) is 5.56 Å². The number of nitrogens with one attached hydrogen (secondary N) is 1. The molecule has 0 aromatic heterocycles. The quantitative estimate of drug-likeness (QED) is 0.874. The van der Waals surface area contributed by atoms with E-state index in [-0.39, 0.29) is 0 Å². The molecule has 1 aliphatic carbocycles. The number of aromatic carboxylic acids is 1. The van der Waals surface area contributed by atoms with Crippen molar-refractivity contribution in [2.45, 2.75) is 45.7 Å². The van der Waals surface area contributed by atoms with Crippen LogP contribution in [0.3, 0.4) is 0 Å². The topological polar surface area (TPSA) is 49.3 Å². The number of rotatable bonds is 4. The summed E-state index contributed by atoms with van der Waals surface area (Å²) in [7, 11) is 0. The second-order valence-electron chi connectivity index (χ2n) is 5.96. The van der Waals surface area contributed by atoms with Crippen molar-refractivity contribution in [1.82, 2.24) is 5.32 Å². The van der Waals surface area contributed by atoms with Crippen molar-refractivity contribution in [1.29, 1.82) is 0 Å². The Hall–Kier alpha value is -1.35. The number of carbonyl (C=O) groups is 1. The van der Waals surface area contributed by atoms with E-state index in [0.29, 0.717) is 18.2 Å². The van der Waals surface area contributed by atoms with Crippen LogP contribution in [0.2, 0.25) is 0 Å². The van der Waals surface area contributed by atoms with E-state index in [2.05, 4.69) is 19.2 Å². The molecule has 1 aliphatic rings. The van der Waals surface area contributed by atoms with Gasteiger partial charge in [-0.1, -0.05) is 32.0 Å². The molecule has 0 bridgehead atoms. The van der Waals surface area contributed by atoms with Crippen LogP contribution in [0, 0.1) is 11.8 Å². The van der Waals surface area contributed by atoms with E-state index in [1.807, 2.05) is 12.1 Å². The van der Waals surface area contributed by atoms with Crippen LogP contribution in [-0.4, -0.2) is 17.1 Å². The van der Waals surface area contributed by atoms with Crippen molar-refractivity contribution >= 4 is 5.97 Å². The lowest BCUT2D eigenvalue weighted by Gasteiger charge is -2.32. The molecule has 1 aromatic rings. The molecule has 2 unspecified atom stereocenters. The summed E-state index contributed by atoms with van der Waals surface area (Å²) in [6, 6.07) is 7.76. The molecule has 0 aliphatic heterocycles. The van der Waals surface area contributed by atoms with Gasteiger partial charge in [-0.25, -0.2) is 4.79 Å². The predicted molar refractivity (Wildman–Crippen MR) is 76.2 cm³/mol. The van der Waals surface area contributed by atoms with Gasteiger partial charge in [0.25, 0.3) is 0 Å². The molecule has 104 valence electrons. The second-order valence-corrected chi connectivity index (χ2v) is 5.96. The van der Waals surface area contributed by atoms with Gasteiger partial charge >= 0.3 is 5.97 Å². The van der Waals surface area contributed by atoms with Gasteiger partial charge in [-0.15, -0.1) is 0 Å². The third-order valence-corrected chi connectivity index (χ3v) is 4.01. The highest BCUT2D eigenvalue weighted by atomic mass is 16.4. The van der Waals surface area contributed by atoms with E-state index < -0.39 is 5.97 Å². The summed E-state index contributed by atoms with van der Waals surface area (Å²) >= 11 is 0. The fourth-order valence-electron chi connectivity index (χ4n) is 3.25. The lowest BCUT2D eigenvalue weighted by atomic mass is 9.80. The molecular weight excluding hydrogens is 238 g/mol. The predicted octanol–water partition coefficient (Wildman–Crippen LogP) is 3.30. The molecule has 0 saturated heterocycles. The monoisotopic (exact) mass is 261 g/mol. The maximum Gasteiger partial charge on any atom is 0.336 e. The third-order valence-electron chi connectivity index (χ3n) is 4.01. The maximum absolute atomic E-state index is 11.1. The zero-order chi connectivity index (χ0) is 13.8. The molecule has 1 aromatic carbocycles. The van der Waals surface area contributed by atoms with Crippen molar-refractivity contribution in [2.24, 2.45) is 11.8 Å². The Bertz CT molecular complexity index is 434. The summed E-state index contributed by atoms with van der Waals surface area (Å²) in [5.41, 5.74) is 1.28. The Morgan fingerprint density at radius 2 is 1.84 bits per heavy atom. The first-order valence-corrected chi connectivity index (χ1v) is 7.11. The summed E-state index contributed by atoms with van der Waals surface area (Å²) in [6.07, 6.45) is 3.70. The molecule has 0 spiro atoms. The maximum atomic E-state index is 11.1. The molecule has 3 heteroatoms. The van der Waals surface area contributed by atoms with Crippen LogP contribution in [0.25, 0.3) is 0 Å². The van der Waals surface area contributed by atoms with Crippen LogP contribution in [0.4, 0.5) is 0 Å². The first-order chi connectivity index (χ1) is 9.06. The average Bonchev–Trinajstić information content (AvgIpc) is 2.35. The van der Waals surface area contributed by atoms with Crippen molar-refractivity contribution in [3.05, 3.63) is 35.4 Å². The molecule has 3 nitrogen and oxygen atoms in total. The average molecular weight is 261 g/mol. The molecule has 1 fully saturated rings. The fourth-order valence-corrected chi connectivity index (χ4v) is 3.25. The second kappa shape index (κ2) is 6.20. The van der Waals surface area contributed by atoms with Crippen LogP contribution >= 0.6 is 0 Å². The Balaban J connectivity index is 1.97. The highest BCUT2D eigenvalue weighted by Gasteiger charge is 2.23. The van der Waals surface area contributed by atoms with Crippen molar-refractivity contribution in [3.8, 4) is 0 Å². The van der Waals surface area contributed by atoms with Gasteiger partial charge in [0.1, 0.15) is 0 Å². The van der Waals surface area contributed by atoms with Crippen molar-refractivity contribution in [2.75, 3.05) is 0 Å². The smallest absolute Gasteiger partial charge is 0.336 e. The summed E-state index contributed by atoms with van der Waals surface area (Å²) in [5, 5.41) is 12.7. The molecular formula is C16H23NO2. The first kappa shape index (κ1) is 14.1. The Morgan fingerprint density at radius 1 is 1.21 bits per heavy atom. The minimum absolute atomic E-state index is 0.409. The molecule has 2 atom stereocenters. The molecule has 19 heavy (non-hydrogen) atoms. The molecule has 2 N–H and O–H groups in total. The van der Waals surface area contributed by atoms with Gasteiger partial charge in [-0.05, 0) is 42.7 Å². The fraction of sp³-hybridized carbons (Fsp3) is 0.562. The van der Waals surface area contributed by atoms with E-state index in [1.54, 1.807) is 12.1 Å². The van der Waals surface area contributed by atoms with Gasteiger partial charge < -0.3 is 10.4 Å². The number of carboxylic acids is 1. The minimum atomic E-state index is -0.845. The first-order valence-electron chi connectivity index (χ1n) is 7.11. The normalized spacial score (nSPS) is 27.2. The Morgan fingerprint density at radius 3 is 2.47 bits per heavy atom. The highest BCUT2D eigenvalue weighted by molar-refractivity contribution is 5.89. The lowest BCUT2D eigenvalue weighted by molar-refractivity contribution is 0.0695. The number of hydrogen-bond donors (Lipinski definition) is 2. The van der Waals surface area contributed by atoms with Crippen LogP contribution in [0.5, 0.6) is 0 Å². The highest BCUT2D eigenvalue weighted by Crippen LogP contribution is 2.28. The number of hydrogen-bond acceptors (Lipinski definition) is 2. The SMILES string of the molecule is CC1CC(C)CC(NCc2ccccc2C(=O)O)C1. The van der Waals surface area contributed by atoms with Crippen molar-refractivity contribution in [3.63, 3.8) is 0 Å². The van der Waals surface area contributed by atoms with Crippen LogP contribution < -0.4 is 5.32 Å². The summed E-state index contributed by atoms with van der Waals surface area (Å²) < 4.78 is 0. The largest absolute Gasteiger partial charge is 0.478 e. The zero-order valence-electron chi connectivity index (χ0n) is 11.7. The number of benzene rings is 1. The standard InChI is InChI=1S/C16H23NO2/c1-11-7-12(2)9-14(8-11)17-10-13-5-3-4-6-15(13)16(18)19/h3-6,11-12,14,17H,7-10H2,1-2H3,(H,18,19).